The molecule has 15 heavy (non-hydrogen) atoms. The van der Waals surface area contributed by atoms with Crippen LogP contribution in [-0.4, -0.2) is 73.0 Å². The molecular weight excluding hydrogens is 192 g/mol. The average molecular weight is 214 g/mol. The number of hydrogen-bond acceptors (Lipinski definition) is 4. The predicted molar refractivity (Wildman–Crippen MR) is 58.9 cm³/mol. The molecule has 0 saturated carbocycles. The summed E-state index contributed by atoms with van der Waals surface area (Å²) >= 11 is 0. The van der Waals surface area contributed by atoms with Crippen LogP contribution in [0.5, 0.6) is 0 Å². The minimum absolute atomic E-state index is 0.201. The molecule has 0 bridgehead atoms. The number of hydrogen-bond donors (Lipinski definition) is 1. The molecule has 0 aromatic carbocycles. The van der Waals surface area contributed by atoms with E-state index in [0.29, 0.717) is 6.04 Å². The number of ether oxygens (including phenoxy) is 1. The molecule has 4 heteroatoms. The van der Waals surface area contributed by atoms with Crippen molar-refractivity contribution in [2.75, 3.05) is 45.9 Å². The molecule has 2 aliphatic rings. The van der Waals surface area contributed by atoms with E-state index in [4.69, 9.17) is 4.74 Å². The smallest absolute Gasteiger partial charge is 0.0639 e. The van der Waals surface area contributed by atoms with Gasteiger partial charge in [-0.05, 0) is 19.9 Å². The highest BCUT2D eigenvalue weighted by Gasteiger charge is 2.28. The summed E-state index contributed by atoms with van der Waals surface area (Å²) in [5.41, 5.74) is 0. The Kier molecular flexibility index (Phi) is 3.97. The fourth-order valence-corrected chi connectivity index (χ4v) is 2.59. The Morgan fingerprint density at radius 3 is 2.73 bits per heavy atom. The first-order valence-electron chi connectivity index (χ1n) is 5.98. The Labute approximate surface area is 91.8 Å². The molecule has 2 aliphatic heterocycles. The van der Waals surface area contributed by atoms with E-state index < -0.39 is 0 Å². The molecule has 2 fully saturated rings. The van der Waals surface area contributed by atoms with Crippen LogP contribution in [0.2, 0.25) is 0 Å². The first-order valence-corrected chi connectivity index (χ1v) is 5.98. The van der Waals surface area contributed by atoms with E-state index >= 15 is 0 Å². The molecule has 0 aliphatic carbocycles. The van der Waals surface area contributed by atoms with Crippen molar-refractivity contribution in [3.05, 3.63) is 0 Å². The zero-order chi connectivity index (χ0) is 10.7. The van der Waals surface area contributed by atoms with Gasteiger partial charge < -0.3 is 9.84 Å². The maximum absolute atomic E-state index is 9.33. The lowest BCUT2D eigenvalue weighted by Gasteiger charge is -2.32. The molecule has 0 amide bonds. The molecule has 2 saturated heterocycles. The maximum Gasteiger partial charge on any atom is 0.0639 e. The monoisotopic (exact) mass is 214 g/mol. The van der Waals surface area contributed by atoms with Crippen LogP contribution in [0, 0.1) is 0 Å². The lowest BCUT2D eigenvalue weighted by molar-refractivity contribution is 0.0176. The highest BCUT2D eigenvalue weighted by atomic mass is 16.5. The van der Waals surface area contributed by atoms with Crippen molar-refractivity contribution in [1.29, 1.82) is 0 Å². The molecule has 1 N–H and O–H groups in total. The Balaban J connectivity index is 1.76. The number of aliphatic hydroxyl groups is 1. The van der Waals surface area contributed by atoms with Crippen molar-refractivity contribution in [1.82, 2.24) is 9.80 Å². The number of morpholine rings is 1. The molecule has 2 unspecified atom stereocenters. The van der Waals surface area contributed by atoms with Crippen LogP contribution < -0.4 is 0 Å². The number of β-amino-alcohol motifs (C(OH)–C–C–N with tert-alkyl or cyclic N) is 1. The van der Waals surface area contributed by atoms with Gasteiger partial charge in [-0.3, -0.25) is 9.80 Å². The standard InChI is InChI=1S/C11H22N2O2/c1-10(14)8-12-3-2-11(9-12)13-4-6-15-7-5-13/h10-11,14H,2-9H2,1H3. The Hall–Kier alpha value is -0.160. The fourth-order valence-electron chi connectivity index (χ4n) is 2.59. The SMILES string of the molecule is CC(O)CN1CCC(N2CCOCC2)C1. The van der Waals surface area contributed by atoms with Crippen molar-refractivity contribution < 1.29 is 9.84 Å². The summed E-state index contributed by atoms with van der Waals surface area (Å²) in [4.78, 5) is 4.90. The molecule has 0 radical (unpaired) electrons. The molecule has 2 atom stereocenters. The van der Waals surface area contributed by atoms with E-state index in [0.717, 1.165) is 45.9 Å². The summed E-state index contributed by atoms with van der Waals surface area (Å²) in [5, 5.41) is 9.33. The number of nitrogens with zero attached hydrogens (tertiary/aromatic N) is 2. The van der Waals surface area contributed by atoms with Crippen LogP contribution in [0.25, 0.3) is 0 Å². The van der Waals surface area contributed by atoms with Crippen LogP contribution in [0.15, 0.2) is 0 Å². The quantitative estimate of drug-likeness (QED) is 0.704. The third kappa shape index (κ3) is 3.14. The van der Waals surface area contributed by atoms with Crippen molar-refractivity contribution in [3.8, 4) is 0 Å². The molecule has 0 aromatic rings. The van der Waals surface area contributed by atoms with Gasteiger partial charge in [0.25, 0.3) is 0 Å². The van der Waals surface area contributed by atoms with Crippen LogP contribution >= 0.6 is 0 Å². The lowest BCUT2D eigenvalue weighted by Crippen LogP contribution is -2.45. The molecule has 88 valence electrons. The topological polar surface area (TPSA) is 35.9 Å². The van der Waals surface area contributed by atoms with Gasteiger partial charge in [-0.2, -0.15) is 0 Å². The van der Waals surface area contributed by atoms with Crippen LogP contribution in [0.3, 0.4) is 0 Å². The van der Waals surface area contributed by atoms with Gasteiger partial charge in [-0.25, -0.2) is 0 Å². The van der Waals surface area contributed by atoms with Crippen molar-refractivity contribution in [3.63, 3.8) is 0 Å². The maximum atomic E-state index is 9.33. The van der Waals surface area contributed by atoms with Gasteiger partial charge in [-0.1, -0.05) is 0 Å². The third-order valence-corrected chi connectivity index (χ3v) is 3.33. The Morgan fingerprint density at radius 1 is 1.33 bits per heavy atom. The first kappa shape index (κ1) is 11.3. The van der Waals surface area contributed by atoms with E-state index in [2.05, 4.69) is 9.80 Å². The summed E-state index contributed by atoms with van der Waals surface area (Å²) in [5.74, 6) is 0. The summed E-state index contributed by atoms with van der Waals surface area (Å²) in [6.07, 6.45) is 1.04. The minimum Gasteiger partial charge on any atom is -0.392 e. The van der Waals surface area contributed by atoms with E-state index in [1.807, 2.05) is 6.92 Å². The van der Waals surface area contributed by atoms with Gasteiger partial charge in [0.2, 0.25) is 0 Å². The zero-order valence-corrected chi connectivity index (χ0v) is 9.56. The van der Waals surface area contributed by atoms with E-state index in [1.54, 1.807) is 0 Å². The number of likely N-dealkylation sites (tertiary alicyclic amines) is 1. The van der Waals surface area contributed by atoms with Crippen LogP contribution in [0.4, 0.5) is 0 Å². The molecule has 2 rings (SSSR count). The van der Waals surface area contributed by atoms with Crippen LogP contribution in [0.1, 0.15) is 13.3 Å². The highest BCUT2D eigenvalue weighted by Crippen LogP contribution is 2.16. The lowest BCUT2D eigenvalue weighted by atomic mass is 10.2. The van der Waals surface area contributed by atoms with E-state index in [1.165, 1.54) is 6.42 Å². The Morgan fingerprint density at radius 2 is 2.07 bits per heavy atom. The largest absolute Gasteiger partial charge is 0.392 e. The summed E-state index contributed by atoms with van der Waals surface area (Å²) in [6.45, 7) is 8.85. The molecule has 2 heterocycles. The normalized spacial score (nSPS) is 32.0. The predicted octanol–water partition coefficient (Wildman–Crippen LogP) is -0.226. The molecule has 0 spiro atoms. The second-order valence-corrected chi connectivity index (χ2v) is 4.70. The van der Waals surface area contributed by atoms with Crippen molar-refractivity contribution in [2.24, 2.45) is 0 Å². The second kappa shape index (κ2) is 5.25. The first-order chi connectivity index (χ1) is 7.25. The summed E-state index contributed by atoms with van der Waals surface area (Å²) < 4.78 is 5.36. The van der Waals surface area contributed by atoms with Gasteiger partial charge in [0.05, 0.1) is 19.3 Å². The Bertz CT molecular complexity index is 193. The van der Waals surface area contributed by atoms with Crippen molar-refractivity contribution >= 4 is 0 Å². The van der Waals surface area contributed by atoms with Gasteiger partial charge in [0, 0.05) is 32.2 Å². The number of rotatable bonds is 3. The number of aliphatic hydroxyl groups excluding tert-OH is 1. The average Bonchev–Trinajstić information content (AvgIpc) is 2.67. The van der Waals surface area contributed by atoms with Gasteiger partial charge >= 0.3 is 0 Å². The summed E-state index contributed by atoms with van der Waals surface area (Å²) in [6, 6.07) is 0.688. The third-order valence-electron chi connectivity index (χ3n) is 3.33. The minimum atomic E-state index is -0.201. The van der Waals surface area contributed by atoms with Crippen molar-refractivity contribution in [2.45, 2.75) is 25.5 Å². The molecular formula is C11H22N2O2. The summed E-state index contributed by atoms with van der Waals surface area (Å²) in [7, 11) is 0. The van der Waals surface area contributed by atoms with Gasteiger partial charge in [-0.15, -0.1) is 0 Å². The fraction of sp³-hybridized carbons (Fsp3) is 1.00. The molecule has 4 nitrogen and oxygen atoms in total. The highest BCUT2D eigenvalue weighted by molar-refractivity contribution is 4.84. The van der Waals surface area contributed by atoms with Gasteiger partial charge in [0.1, 0.15) is 0 Å². The molecule has 0 aromatic heterocycles. The zero-order valence-electron chi connectivity index (χ0n) is 9.56. The van der Waals surface area contributed by atoms with E-state index in [-0.39, 0.29) is 6.10 Å². The van der Waals surface area contributed by atoms with Crippen LogP contribution in [-0.2, 0) is 4.74 Å². The van der Waals surface area contributed by atoms with E-state index in [9.17, 15) is 5.11 Å². The van der Waals surface area contributed by atoms with Gasteiger partial charge in [0.15, 0.2) is 0 Å². The second-order valence-electron chi connectivity index (χ2n) is 4.70.